The smallest absolute Gasteiger partial charge is 0.211 e. The minimum atomic E-state index is -0.149. The van der Waals surface area contributed by atoms with Gasteiger partial charge in [-0.15, -0.1) is 0 Å². The topological polar surface area (TPSA) is 172 Å². The average molecular weight is 2150 g/mol. The highest BCUT2D eigenvalue weighted by atomic mass is 32.2. The number of fused-ring (bicyclic) bond motifs is 3. The number of rotatable bonds is 40. The molecule has 0 bridgehead atoms. The van der Waals surface area contributed by atoms with Crippen LogP contribution in [-0.2, 0) is 112 Å². The zero-order valence-corrected chi connectivity index (χ0v) is 96.9. The van der Waals surface area contributed by atoms with Gasteiger partial charge in [-0.1, -0.05) is 335 Å². The number of Topliss-reactive ketones (excluding diaryl/α,β-unsaturated/α-hetero) is 9. The van der Waals surface area contributed by atoms with Crippen molar-refractivity contribution in [3.8, 4) is 0 Å². The predicted octanol–water partition coefficient (Wildman–Crippen LogP) is 26.3. The van der Waals surface area contributed by atoms with E-state index in [1.807, 2.05) is 251 Å². The third kappa shape index (κ3) is 49.2. The van der Waals surface area contributed by atoms with E-state index < -0.39 is 0 Å². The monoisotopic (exact) mass is 2150 g/mol. The Morgan fingerprint density at radius 1 is 0.247 bits per heavy atom. The molecule has 11 nitrogen and oxygen atoms in total. The van der Waals surface area contributed by atoms with Crippen molar-refractivity contribution in [1.82, 2.24) is 0 Å². The fourth-order valence-electron chi connectivity index (χ4n) is 16.5. The van der Waals surface area contributed by atoms with E-state index in [9.17, 15) is 43.2 Å². The van der Waals surface area contributed by atoms with Gasteiger partial charge in [-0.2, -0.15) is 0 Å². The molecule has 5 aliphatic heterocycles. The molecule has 20 heteroatoms. The van der Waals surface area contributed by atoms with Gasteiger partial charge in [-0.25, -0.2) is 0 Å². The highest BCUT2D eigenvalue weighted by Gasteiger charge is 2.34. The second-order valence-electron chi connectivity index (χ2n) is 38.7. The summed E-state index contributed by atoms with van der Waals surface area (Å²) in [5.74, 6) is 28.5. The van der Waals surface area contributed by atoms with Gasteiger partial charge in [0.25, 0.3) is 0 Å². The van der Waals surface area contributed by atoms with Crippen molar-refractivity contribution in [3.05, 3.63) is 324 Å². The predicted molar refractivity (Wildman–Crippen MR) is 653 cm³/mol. The van der Waals surface area contributed by atoms with Crippen LogP contribution in [0.4, 0.5) is 0 Å². The molecule has 0 saturated carbocycles. The zero-order valence-electron chi connectivity index (χ0n) is 89.5. The molecular weight excluding hydrogens is 1980 g/mol. The Balaban J connectivity index is 0.000000201. The quantitative estimate of drug-likeness (QED) is 0.0264. The SMILES string of the molecule is CCCC[S+](CCCC)CC(=O)C(C)(C)C.CCCC[S+](CCCC)CC(=O)c1ccccc1.CC[S+](CC)CC(=O)c1ccccc1.C[S+](C)CC(=O)c1ccccc1.O=C(C[S+]1CCCC1)c1ccc2ccccc2c1.O=C(C[S+]1CCCCC1)c1ccc2ccccc2c1.O=C(C[S+]1CCCCC1)c1ccccc1.O=C(C[S+]1CCOCC1)c1ccc2ccccc2c1.O=C(C[S+]1CCOCC1)c1ccccc1. The summed E-state index contributed by atoms with van der Waals surface area (Å²) in [6.07, 6.45) is 24.8. The first-order valence-corrected chi connectivity index (χ1v) is 69.3. The first-order chi connectivity index (χ1) is 70.9. The molecule has 0 unspecified atom stereocenters. The highest BCUT2D eigenvalue weighted by Crippen LogP contribution is 2.26. The number of hydrogen-bond acceptors (Lipinski definition) is 11. The summed E-state index contributed by atoms with van der Waals surface area (Å²) in [4.78, 5) is 108. The fourth-order valence-corrected chi connectivity index (χ4v) is 33.9. The van der Waals surface area contributed by atoms with E-state index in [-0.39, 0.29) is 72.1 Å². The molecule has 5 saturated heterocycles. The van der Waals surface area contributed by atoms with E-state index in [2.05, 4.69) is 103 Å². The number of hydrogen-bond donors (Lipinski definition) is 0. The lowest BCUT2D eigenvalue weighted by Gasteiger charge is -2.17. The Kier molecular flexibility index (Phi) is 61.5. The molecular formula is C126H169O11S9+9. The third-order valence-corrected chi connectivity index (χ3v) is 45.0. The molecule has 0 amide bonds. The van der Waals surface area contributed by atoms with E-state index in [0.29, 0.717) is 101 Å². The molecule has 5 heterocycles. The number of ketones is 9. The molecule has 16 rings (SSSR count). The Labute approximate surface area is 903 Å². The Bertz CT molecular complexity index is 5380. The first kappa shape index (κ1) is 123. The normalized spacial score (nSPS) is 14.5. The second kappa shape index (κ2) is 72.7. The molecule has 0 radical (unpaired) electrons. The van der Waals surface area contributed by atoms with Crippen molar-refractivity contribution < 1.29 is 52.6 Å². The van der Waals surface area contributed by atoms with Crippen molar-refractivity contribution in [1.29, 1.82) is 0 Å². The molecule has 0 aliphatic carbocycles. The van der Waals surface area contributed by atoms with E-state index in [1.165, 1.54) is 182 Å². The molecule has 0 atom stereocenters. The molecule has 146 heavy (non-hydrogen) atoms. The molecule has 11 aromatic rings. The van der Waals surface area contributed by atoms with Crippen molar-refractivity contribution in [3.63, 3.8) is 0 Å². The first-order valence-electron chi connectivity index (χ1n) is 53.2. The van der Waals surface area contributed by atoms with Crippen LogP contribution in [-0.4, -0.2) is 235 Å². The van der Waals surface area contributed by atoms with Crippen molar-refractivity contribution in [2.24, 2.45) is 5.41 Å². The third-order valence-electron chi connectivity index (χ3n) is 25.5. The van der Waals surface area contributed by atoms with Crippen LogP contribution in [0.3, 0.4) is 0 Å². The average Bonchev–Trinajstić information content (AvgIpc) is 1.06. The molecule has 0 spiro atoms. The molecule has 5 aliphatic rings. The Morgan fingerprint density at radius 3 is 0.733 bits per heavy atom. The van der Waals surface area contributed by atoms with Crippen LogP contribution >= 0.6 is 0 Å². The summed E-state index contributed by atoms with van der Waals surface area (Å²) in [7, 11) is 2.67. The molecule has 784 valence electrons. The highest BCUT2D eigenvalue weighted by molar-refractivity contribution is 7.99. The summed E-state index contributed by atoms with van der Waals surface area (Å²) in [6.45, 7) is 22.6. The number of unbranched alkanes of at least 4 members (excludes halogenated alkanes) is 4. The Morgan fingerprint density at radius 2 is 0.473 bits per heavy atom. The van der Waals surface area contributed by atoms with Gasteiger partial charge in [0.1, 0.15) is 92.0 Å². The number of carbonyl (C=O) groups is 9. The molecule has 0 N–H and O–H groups in total. The Hall–Kier alpha value is -7.70. The van der Waals surface area contributed by atoms with E-state index in [4.69, 9.17) is 9.47 Å². The summed E-state index contributed by atoms with van der Waals surface area (Å²) in [5.41, 5.74) is 6.76. The van der Waals surface area contributed by atoms with Crippen LogP contribution in [0, 0.1) is 5.41 Å². The van der Waals surface area contributed by atoms with Crippen LogP contribution in [0.5, 0.6) is 0 Å². The maximum absolute atomic E-state index is 12.4. The summed E-state index contributed by atoms with van der Waals surface area (Å²) in [5, 5.41) is 7.08. The van der Waals surface area contributed by atoms with Crippen LogP contribution in [0.1, 0.15) is 248 Å². The van der Waals surface area contributed by atoms with Gasteiger partial charge in [-0.3, -0.25) is 43.2 Å². The minimum absolute atomic E-state index is 0.149. The summed E-state index contributed by atoms with van der Waals surface area (Å²) in [6, 6.07) is 90.8. The van der Waals surface area contributed by atoms with Crippen molar-refractivity contribution in [2.75, 3.05) is 183 Å². The lowest BCUT2D eigenvalue weighted by Crippen LogP contribution is -2.31. The zero-order chi connectivity index (χ0) is 105. The molecule has 11 aromatic carbocycles. The number of carbonyl (C=O) groups excluding carboxylic acids is 9. The standard InChI is InChI=1S/C17H19OS.C16H17O2S.C16H17OS.C16H25OS.C14H29OS.C13H17OS.C12H15O2S.C12H17OS.C10H13OS/c18-17(13-19-10-4-1-5-11-19)16-9-8-14-6-2-3-7-15(14)12-16;17-16(12-19-9-7-18-8-10-19)15-6-5-13-3-1-2-4-14(13)11-15;17-16(12-18-9-3-4-10-18)15-8-7-13-5-1-2-6-14(13)11-15;1-3-5-12-18(13-6-4-2)14-16(17)15-10-8-7-9-11-15;1-6-8-10-16(11-9-7-2)12-13(15)14(3,4)5;14-13(12-7-3-1-4-8-12)11-15-9-5-2-6-10-15;13-12(11-4-2-1-3-5-11)10-15-8-6-14-7-9-15;1-3-14(4-2)10-12(13)11-8-6-5-7-9-11;1-12(2)8-10(11)9-6-4-3-5-7-9/h2-3,6-9,12H,1,4-5,10-11,13H2;1-6,11H,7-10,12H2;1-2,5-8,11H,3-4,9-10,12H2;7-11H,3-6,12-14H2,1-2H3;6-12H2,1-5H3;1,3-4,7-8H,2,5-6,9-11H2;1-5H,6-10H2;5-9H,3-4,10H2,1-2H3;3-7H,8H2,1-2H3/q9*+1. The van der Waals surface area contributed by atoms with Crippen LogP contribution in [0.25, 0.3) is 32.3 Å². The lowest BCUT2D eigenvalue weighted by molar-refractivity contribution is -0.123. The van der Waals surface area contributed by atoms with Gasteiger partial charge >= 0.3 is 0 Å². The second-order valence-corrected chi connectivity index (χ2v) is 59.9. The lowest BCUT2D eigenvalue weighted by atomic mass is 9.92. The largest absolute Gasteiger partial charge is 0.372 e. The van der Waals surface area contributed by atoms with Gasteiger partial charge < -0.3 is 9.47 Å². The van der Waals surface area contributed by atoms with E-state index in [1.54, 1.807) is 0 Å². The molecule has 5 fully saturated rings. The van der Waals surface area contributed by atoms with Crippen LogP contribution in [0.15, 0.2) is 279 Å². The van der Waals surface area contributed by atoms with E-state index >= 15 is 0 Å². The maximum atomic E-state index is 12.4. The van der Waals surface area contributed by atoms with Gasteiger partial charge in [0.15, 0.2) is 57.6 Å². The van der Waals surface area contributed by atoms with Gasteiger partial charge in [0.05, 0.1) is 38.9 Å². The summed E-state index contributed by atoms with van der Waals surface area (Å²) >= 11 is 0. The van der Waals surface area contributed by atoms with Gasteiger partial charge in [0.2, 0.25) is 46.3 Å². The van der Waals surface area contributed by atoms with Crippen molar-refractivity contribution in [2.45, 2.75) is 165 Å². The van der Waals surface area contributed by atoms with Gasteiger partial charge in [0, 0.05) is 71.7 Å². The number of benzene rings is 11. The van der Waals surface area contributed by atoms with Crippen LogP contribution < -0.4 is 0 Å². The molecule has 0 aromatic heterocycles. The fraction of sp³-hybridized carbons (Fsp3) is 0.452. The number of ether oxygens (including phenoxy) is 2. The van der Waals surface area contributed by atoms with E-state index in [0.717, 1.165) is 151 Å². The maximum Gasteiger partial charge on any atom is 0.211 e. The van der Waals surface area contributed by atoms with Crippen molar-refractivity contribution >= 4 is 182 Å². The minimum Gasteiger partial charge on any atom is -0.372 e. The summed E-state index contributed by atoms with van der Waals surface area (Å²) < 4.78 is 10.6. The van der Waals surface area contributed by atoms with Gasteiger partial charge in [-0.05, 0) is 218 Å². The van der Waals surface area contributed by atoms with Crippen LogP contribution in [0.2, 0.25) is 0 Å².